The Labute approximate surface area is 257 Å². The van der Waals surface area contributed by atoms with Gasteiger partial charge in [0.05, 0.1) is 17.6 Å². The summed E-state index contributed by atoms with van der Waals surface area (Å²) in [7, 11) is 0. The number of carboxylic acids is 1. The highest BCUT2D eigenvalue weighted by molar-refractivity contribution is 5.88. The molecule has 44 heavy (non-hydrogen) atoms. The van der Waals surface area contributed by atoms with Crippen LogP contribution >= 0.6 is 0 Å². The Morgan fingerprint density at radius 1 is 0.795 bits per heavy atom. The number of carbonyl (C=O) groups is 3. The number of nitrogens with one attached hydrogen (secondary N) is 3. The molecule has 0 aliphatic rings. The predicted molar refractivity (Wildman–Crippen MR) is 169 cm³/mol. The summed E-state index contributed by atoms with van der Waals surface area (Å²) in [5, 5.41) is 21.9. The molecular formula is C36H36N4O4. The summed E-state index contributed by atoms with van der Waals surface area (Å²) in [5.74, 6) is -2.32. The minimum atomic E-state index is -0.993. The number of hydrogen-bond acceptors (Lipinski definition) is 5. The van der Waals surface area contributed by atoms with Gasteiger partial charge in [0.15, 0.2) is 0 Å². The van der Waals surface area contributed by atoms with Crippen LogP contribution in [0.25, 0.3) is 0 Å². The van der Waals surface area contributed by atoms with Crippen molar-refractivity contribution < 1.29 is 19.5 Å². The van der Waals surface area contributed by atoms with E-state index in [2.05, 4.69) is 22.2 Å². The summed E-state index contributed by atoms with van der Waals surface area (Å²) in [6.07, 6.45) is 1.81. The number of aryl methyl sites for hydroxylation is 2. The number of carbonyl (C=O) groups excluding carboxylic acids is 2. The Morgan fingerprint density at radius 3 is 2.05 bits per heavy atom. The molecule has 0 unspecified atom stereocenters. The van der Waals surface area contributed by atoms with Gasteiger partial charge < -0.3 is 10.4 Å². The second kappa shape index (κ2) is 15.8. The van der Waals surface area contributed by atoms with Crippen LogP contribution in [0.1, 0.15) is 56.9 Å². The summed E-state index contributed by atoms with van der Waals surface area (Å²) < 4.78 is 0. The van der Waals surface area contributed by atoms with Gasteiger partial charge in [0.1, 0.15) is 12.1 Å². The zero-order valence-corrected chi connectivity index (χ0v) is 24.6. The SMILES string of the molecule is Cc1cccc(C[C@H](NNC(=O)C(c2ccccc2)c2ccccc2)C(=O)N[C@H](C#N)CCCc2cccc(C(=O)O)c2)c1. The van der Waals surface area contributed by atoms with Crippen molar-refractivity contribution in [2.24, 2.45) is 0 Å². The van der Waals surface area contributed by atoms with Crippen LogP contribution in [0.4, 0.5) is 0 Å². The molecule has 0 bridgehead atoms. The maximum Gasteiger partial charge on any atom is 0.335 e. The van der Waals surface area contributed by atoms with E-state index in [1.807, 2.05) is 97.9 Å². The van der Waals surface area contributed by atoms with Crippen LogP contribution in [0, 0.1) is 18.3 Å². The van der Waals surface area contributed by atoms with Crippen molar-refractivity contribution in [1.82, 2.24) is 16.2 Å². The van der Waals surface area contributed by atoms with Crippen LogP contribution < -0.4 is 16.2 Å². The highest BCUT2D eigenvalue weighted by Gasteiger charge is 2.26. The van der Waals surface area contributed by atoms with E-state index in [1.54, 1.807) is 12.1 Å². The van der Waals surface area contributed by atoms with Gasteiger partial charge in [0.25, 0.3) is 0 Å². The van der Waals surface area contributed by atoms with E-state index in [9.17, 15) is 24.8 Å². The average Bonchev–Trinajstić information content (AvgIpc) is 3.03. The maximum atomic E-state index is 13.6. The second-order valence-electron chi connectivity index (χ2n) is 10.7. The molecule has 0 heterocycles. The molecule has 0 aliphatic heterocycles. The van der Waals surface area contributed by atoms with Gasteiger partial charge in [-0.05, 0) is 67.0 Å². The maximum absolute atomic E-state index is 13.6. The fourth-order valence-corrected chi connectivity index (χ4v) is 5.11. The standard InChI is InChI=1S/C36H36N4O4/c1-25-11-8-14-27(21-25)23-32(34(41)38-31(24-37)20-10-13-26-12-9-19-30(22-26)36(43)44)39-40-35(42)33(28-15-4-2-5-16-28)29-17-6-3-7-18-29/h2-9,11-12,14-19,21-22,31-33,39H,10,13,20,23H2,1H3,(H,38,41)(H,40,42)(H,43,44)/t31-,32-/m0/s1. The van der Waals surface area contributed by atoms with Crippen molar-refractivity contribution in [3.05, 3.63) is 143 Å². The van der Waals surface area contributed by atoms with Crippen LogP contribution in [0.2, 0.25) is 0 Å². The van der Waals surface area contributed by atoms with Crippen LogP contribution in [-0.4, -0.2) is 35.0 Å². The van der Waals surface area contributed by atoms with E-state index >= 15 is 0 Å². The third-order valence-electron chi connectivity index (χ3n) is 7.34. The number of nitrogens with zero attached hydrogens (tertiary/aromatic N) is 1. The summed E-state index contributed by atoms with van der Waals surface area (Å²) in [5.41, 5.74) is 10.4. The van der Waals surface area contributed by atoms with Gasteiger partial charge >= 0.3 is 5.97 Å². The van der Waals surface area contributed by atoms with E-state index in [-0.39, 0.29) is 17.9 Å². The quantitative estimate of drug-likeness (QED) is 0.152. The normalized spacial score (nSPS) is 12.1. The van der Waals surface area contributed by atoms with E-state index in [1.165, 1.54) is 6.07 Å². The molecule has 0 aromatic heterocycles. The van der Waals surface area contributed by atoms with Gasteiger partial charge in [-0.1, -0.05) is 103 Å². The van der Waals surface area contributed by atoms with Gasteiger partial charge in [0, 0.05) is 0 Å². The summed E-state index contributed by atoms with van der Waals surface area (Å²) in [6.45, 7) is 1.97. The summed E-state index contributed by atoms with van der Waals surface area (Å²) in [6, 6.07) is 33.9. The molecule has 8 nitrogen and oxygen atoms in total. The third-order valence-corrected chi connectivity index (χ3v) is 7.34. The number of rotatable bonds is 14. The largest absolute Gasteiger partial charge is 0.478 e. The van der Waals surface area contributed by atoms with Crippen molar-refractivity contribution in [3.63, 3.8) is 0 Å². The second-order valence-corrected chi connectivity index (χ2v) is 10.7. The van der Waals surface area contributed by atoms with E-state index < -0.39 is 29.9 Å². The van der Waals surface area contributed by atoms with Crippen molar-refractivity contribution in [2.75, 3.05) is 0 Å². The molecule has 0 spiro atoms. The lowest BCUT2D eigenvalue weighted by Gasteiger charge is -2.23. The van der Waals surface area contributed by atoms with Crippen molar-refractivity contribution in [2.45, 2.75) is 50.6 Å². The number of amides is 2. The fourth-order valence-electron chi connectivity index (χ4n) is 5.11. The molecule has 4 aromatic rings. The average molecular weight is 589 g/mol. The molecular weight excluding hydrogens is 552 g/mol. The van der Waals surface area contributed by atoms with Gasteiger partial charge in [-0.2, -0.15) is 5.26 Å². The van der Waals surface area contributed by atoms with Gasteiger partial charge in [-0.25, -0.2) is 10.2 Å². The summed E-state index contributed by atoms with van der Waals surface area (Å²) >= 11 is 0. The predicted octanol–water partition coefficient (Wildman–Crippen LogP) is 5.09. The molecule has 4 rings (SSSR count). The molecule has 0 aliphatic carbocycles. The Kier molecular flexibility index (Phi) is 11.4. The summed E-state index contributed by atoms with van der Waals surface area (Å²) in [4.78, 5) is 38.4. The zero-order chi connectivity index (χ0) is 31.3. The minimum absolute atomic E-state index is 0.210. The van der Waals surface area contributed by atoms with Gasteiger partial charge in [0.2, 0.25) is 11.8 Å². The van der Waals surface area contributed by atoms with Crippen molar-refractivity contribution in [3.8, 4) is 6.07 Å². The highest BCUT2D eigenvalue weighted by Crippen LogP contribution is 2.24. The number of aromatic carboxylic acids is 1. The Bertz CT molecular complexity index is 1560. The third kappa shape index (κ3) is 9.12. The zero-order valence-electron chi connectivity index (χ0n) is 24.6. The molecule has 0 saturated heterocycles. The van der Waals surface area contributed by atoms with Crippen LogP contribution in [0.15, 0.2) is 109 Å². The molecule has 0 fully saturated rings. The number of nitriles is 1. The first kappa shape index (κ1) is 31.7. The molecule has 224 valence electrons. The van der Waals surface area contributed by atoms with Gasteiger partial charge in [-0.3, -0.25) is 15.0 Å². The number of hydrazine groups is 1. The molecule has 2 amide bonds. The lowest BCUT2D eigenvalue weighted by atomic mass is 9.91. The van der Waals surface area contributed by atoms with Crippen LogP contribution in [0.5, 0.6) is 0 Å². The molecule has 4 N–H and O–H groups in total. The minimum Gasteiger partial charge on any atom is -0.478 e. The number of benzene rings is 4. The molecule has 0 saturated carbocycles. The van der Waals surface area contributed by atoms with E-state index in [0.29, 0.717) is 19.3 Å². The lowest BCUT2D eigenvalue weighted by Crippen LogP contribution is -2.55. The van der Waals surface area contributed by atoms with E-state index in [0.717, 1.165) is 27.8 Å². The molecule has 4 aromatic carbocycles. The highest BCUT2D eigenvalue weighted by atomic mass is 16.4. The smallest absolute Gasteiger partial charge is 0.335 e. The topological polar surface area (TPSA) is 131 Å². The first-order valence-electron chi connectivity index (χ1n) is 14.6. The Morgan fingerprint density at radius 2 is 1.43 bits per heavy atom. The first-order valence-corrected chi connectivity index (χ1v) is 14.6. The Balaban J connectivity index is 1.45. The molecule has 0 radical (unpaired) electrons. The van der Waals surface area contributed by atoms with Crippen LogP contribution in [0.3, 0.4) is 0 Å². The lowest BCUT2D eigenvalue weighted by molar-refractivity contribution is -0.126. The van der Waals surface area contributed by atoms with Crippen molar-refractivity contribution in [1.29, 1.82) is 5.26 Å². The fraction of sp³-hybridized carbons (Fsp3) is 0.222. The number of hydrogen-bond donors (Lipinski definition) is 4. The van der Waals surface area contributed by atoms with E-state index in [4.69, 9.17) is 0 Å². The number of carboxylic acid groups (broad SMARTS) is 1. The molecule has 8 heteroatoms. The molecule has 2 atom stereocenters. The Hall–Kier alpha value is -5.26. The first-order chi connectivity index (χ1) is 21.3. The van der Waals surface area contributed by atoms with Gasteiger partial charge in [-0.15, -0.1) is 0 Å². The van der Waals surface area contributed by atoms with Crippen LogP contribution in [-0.2, 0) is 22.4 Å². The van der Waals surface area contributed by atoms with Crippen molar-refractivity contribution >= 4 is 17.8 Å². The monoisotopic (exact) mass is 588 g/mol.